The molecule has 0 saturated carbocycles. The summed E-state index contributed by atoms with van der Waals surface area (Å²) < 4.78 is 14.9. The van der Waals surface area contributed by atoms with Crippen LogP contribution in [-0.2, 0) is 74.3 Å². The van der Waals surface area contributed by atoms with Gasteiger partial charge in [-0.3, -0.25) is 0 Å². The molecule has 0 bridgehead atoms. The lowest BCUT2D eigenvalue weighted by molar-refractivity contribution is 0.00578. The van der Waals surface area contributed by atoms with Gasteiger partial charge in [0.05, 0.1) is 11.2 Å². The van der Waals surface area contributed by atoms with E-state index in [4.69, 9.17) is 9.31 Å². The van der Waals surface area contributed by atoms with Gasteiger partial charge in [0, 0.05) is 37.2 Å². The Labute approximate surface area is 699 Å². The van der Waals surface area contributed by atoms with E-state index in [1.54, 1.807) is 0 Å². The zero-order chi connectivity index (χ0) is 83.7. The third-order valence-corrected chi connectivity index (χ3v) is 23.6. The second kappa shape index (κ2) is 32.7. The minimum absolute atomic E-state index is 0.00122. The fourth-order valence-electron chi connectivity index (χ4n) is 13.2. The van der Waals surface area contributed by atoms with Gasteiger partial charge in [-0.15, -0.1) is 0 Å². The van der Waals surface area contributed by atoms with Crippen molar-refractivity contribution in [2.45, 2.75) is 353 Å². The Morgan fingerprint density at radius 3 is 0.661 bits per heavy atom. The van der Waals surface area contributed by atoms with Gasteiger partial charge >= 0.3 is 7.12 Å². The van der Waals surface area contributed by atoms with Crippen LogP contribution in [0.5, 0.6) is 0 Å². The molecule has 594 valence electrons. The maximum atomic E-state index is 6.26. The van der Waals surface area contributed by atoms with E-state index in [2.05, 4.69) is 477 Å². The molecule has 109 heavy (non-hydrogen) atoms. The lowest BCUT2D eigenvalue weighted by Gasteiger charge is -2.32. The van der Waals surface area contributed by atoms with Gasteiger partial charge in [0.1, 0.15) is 0 Å². The molecule has 0 unspecified atom stereocenters. The summed E-state index contributed by atoms with van der Waals surface area (Å²) in [4.78, 5) is 0. The van der Waals surface area contributed by atoms with Crippen LogP contribution in [0, 0.1) is 0 Å². The van der Waals surface area contributed by atoms with Crippen LogP contribution in [0.1, 0.15) is 344 Å². The number of benzene rings is 9. The van der Waals surface area contributed by atoms with Gasteiger partial charge in [-0.25, -0.2) is 0 Å². The molecule has 2 nitrogen and oxygen atoms in total. The molecular formula is C102H143BBr4O2. The minimum Gasteiger partial charge on any atom is -0.399 e. The van der Waals surface area contributed by atoms with Gasteiger partial charge in [-0.2, -0.15) is 0 Å². The van der Waals surface area contributed by atoms with Crippen molar-refractivity contribution in [2.24, 2.45) is 0 Å². The van der Waals surface area contributed by atoms with Gasteiger partial charge in [-0.05, 0) is 268 Å². The Hall–Kier alpha value is -4.34. The second-order valence-electron chi connectivity index (χ2n) is 45.0. The molecule has 0 radical (unpaired) electrons. The molecule has 9 aromatic rings. The van der Waals surface area contributed by atoms with E-state index in [-0.39, 0.29) is 83.3 Å². The maximum Gasteiger partial charge on any atom is 0.494 e. The summed E-state index contributed by atoms with van der Waals surface area (Å²) in [6, 6.07) is 54.4. The Bertz CT molecular complexity index is 4340. The van der Waals surface area contributed by atoms with Crippen LogP contribution in [-0.4, -0.2) is 18.3 Å². The molecule has 0 N–H and O–H groups in total. The normalized spacial score (nSPS) is 14.8. The number of hydrogen-bond donors (Lipinski definition) is 0. The Morgan fingerprint density at radius 1 is 0.229 bits per heavy atom. The van der Waals surface area contributed by atoms with E-state index in [1.807, 2.05) is 0 Å². The molecule has 9 aromatic carbocycles. The molecule has 1 aliphatic heterocycles. The highest BCUT2D eigenvalue weighted by atomic mass is 80.9. The summed E-state index contributed by atoms with van der Waals surface area (Å²) in [7, 11) is -0.302. The van der Waals surface area contributed by atoms with Crippen molar-refractivity contribution in [3.8, 4) is 22.3 Å². The first-order valence-electron chi connectivity index (χ1n) is 40.0. The standard InChI is InChI=1S/C46H64.C20H33BO2.C18H22Br2.C18H24.Br2/c1-41(2,3)31-19-29(20-32(23-31)42(4,5)6)37-25-35(45(13,14)15)28-40-38(26-36(27-39(37)40)46(16,17)18)30-21-33(43(7,8)9)24-34(22-30)44(10,11)12;1-17(2,3)14-11-15(18(4,5)6)13-16(12-14)21-22-19(7,8)20(9,10)23-21;1-17(2,3)11-7-13-14(15(19)9-11)8-12(10-16(13)20)18(4,5)6;1-17(2,3)15-9-7-14-12-16(18(4,5)6)10-8-13(14)11-15;1-2/h19-28H,1-18H3;11-13H,1-10H3;7-10H,1-6H3;7-12H,1-6H3;. The molecule has 0 aliphatic carbocycles. The summed E-state index contributed by atoms with van der Waals surface area (Å²) in [5.74, 6) is 0. The average molecular weight is 1730 g/mol. The molecular weight excluding hydrogens is 1590 g/mol. The SMILES string of the molecule is BrBr.CC(C)(C)c1cc(-c2cc(C(C)(C)C)cc3c(-c4cc(C(C)(C)C)cc(C(C)(C)C)c4)cc(C(C)(C)C)cc23)cc(C(C)(C)C)c1.CC(C)(C)c1cc(B2OC(C)(C)C(C)(C)O2)cc(C(C)(C)C)c1.CC(C)(C)c1cc(Br)c2cc(C(C)(C)C)cc(Br)c2c1.CC(C)(C)c1ccc2cc(C(C)(C)C)ccc2c1. The van der Waals surface area contributed by atoms with Gasteiger partial charge in [0.15, 0.2) is 0 Å². The van der Waals surface area contributed by atoms with Crippen molar-refractivity contribution in [1.82, 2.24) is 0 Å². The highest BCUT2D eigenvalue weighted by Crippen LogP contribution is 2.47. The zero-order valence-corrected chi connectivity index (χ0v) is 82.0. The fourth-order valence-corrected chi connectivity index (χ4v) is 14.3. The topological polar surface area (TPSA) is 18.5 Å². The smallest absolute Gasteiger partial charge is 0.399 e. The average Bonchev–Trinajstić information content (AvgIpc) is 0.939. The van der Waals surface area contributed by atoms with E-state index >= 15 is 0 Å². The van der Waals surface area contributed by atoms with Gasteiger partial charge in [-0.1, -0.05) is 372 Å². The van der Waals surface area contributed by atoms with E-state index in [1.165, 1.54) is 130 Å². The predicted molar refractivity (Wildman–Crippen MR) is 503 cm³/mol. The lowest BCUT2D eigenvalue weighted by Crippen LogP contribution is -2.41. The number of fused-ring (bicyclic) bond motifs is 3. The number of rotatable bonds is 3. The molecule has 1 fully saturated rings. The molecule has 0 aromatic heterocycles. The molecule has 10 rings (SSSR count). The largest absolute Gasteiger partial charge is 0.494 e. The van der Waals surface area contributed by atoms with E-state index in [0.29, 0.717) is 0 Å². The quantitative estimate of drug-likeness (QED) is 0.164. The Morgan fingerprint density at radius 2 is 0.431 bits per heavy atom. The summed E-state index contributed by atoms with van der Waals surface area (Å²) >= 11 is 13.0. The molecule has 0 spiro atoms. The van der Waals surface area contributed by atoms with Crippen LogP contribution in [0.3, 0.4) is 0 Å². The summed E-state index contributed by atoms with van der Waals surface area (Å²) in [5, 5.41) is 7.93. The van der Waals surface area contributed by atoms with Crippen LogP contribution in [0.25, 0.3) is 54.6 Å². The highest BCUT2D eigenvalue weighted by Gasteiger charge is 2.52. The van der Waals surface area contributed by atoms with Crippen molar-refractivity contribution in [3.05, 3.63) is 215 Å². The van der Waals surface area contributed by atoms with E-state index in [0.717, 1.165) is 5.46 Å². The van der Waals surface area contributed by atoms with Crippen molar-refractivity contribution in [3.63, 3.8) is 0 Å². The van der Waals surface area contributed by atoms with Crippen molar-refractivity contribution in [1.29, 1.82) is 0 Å². The third kappa shape index (κ3) is 23.7. The summed E-state index contributed by atoms with van der Waals surface area (Å²) in [6.07, 6.45) is 0. The first-order valence-corrected chi connectivity index (χ1v) is 45.3. The van der Waals surface area contributed by atoms with Crippen LogP contribution >= 0.6 is 60.1 Å². The minimum atomic E-state index is -0.308. The van der Waals surface area contributed by atoms with Crippen LogP contribution in [0.15, 0.2) is 148 Å². The van der Waals surface area contributed by atoms with Gasteiger partial charge in [0.25, 0.3) is 0 Å². The van der Waals surface area contributed by atoms with E-state index in [9.17, 15) is 0 Å². The Balaban J connectivity index is 0.000000246. The first-order chi connectivity index (χ1) is 48.9. The van der Waals surface area contributed by atoms with Crippen LogP contribution < -0.4 is 5.46 Å². The second-order valence-corrected chi connectivity index (χ2v) is 46.7. The van der Waals surface area contributed by atoms with Crippen molar-refractivity contribution in [2.75, 3.05) is 0 Å². The molecule has 1 heterocycles. The van der Waals surface area contributed by atoms with Gasteiger partial charge < -0.3 is 9.31 Å². The van der Waals surface area contributed by atoms with E-state index < -0.39 is 0 Å². The fraction of sp³-hybridized carbons (Fsp3) is 0.529. The van der Waals surface area contributed by atoms with Crippen LogP contribution in [0.4, 0.5) is 0 Å². The van der Waals surface area contributed by atoms with Gasteiger partial charge in [0.2, 0.25) is 0 Å². The molecule has 0 atom stereocenters. The third-order valence-electron chi connectivity index (χ3n) is 22.2. The highest BCUT2D eigenvalue weighted by molar-refractivity contribution is 9.93. The molecule has 7 heteroatoms. The lowest BCUT2D eigenvalue weighted by atomic mass is 9.71. The maximum absolute atomic E-state index is 6.26. The summed E-state index contributed by atoms with van der Waals surface area (Å²) in [6.45, 7) is 91.2. The number of hydrogen-bond acceptors (Lipinski definition) is 2. The number of halogens is 4. The predicted octanol–water partition coefficient (Wildman–Crippen LogP) is 32.6. The molecule has 1 saturated heterocycles. The van der Waals surface area contributed by atoms with Crippen LogP contribution in [0.2, 0.25) is 0 Å². The monoisotopic (exact) mass is 1730 g/mol. The van der Waals surface area contributed by atoms with Crippen molar-refractivity contribution < 1.29 is 9.31 Å². The Kier molecular flexibility index (Phi) is 28.1. The molecule has 1 aliphatic rings. The summed E-state index contributed by atoms with van der Waals surface area (Å²) in [5.41, 5.74) is 23.4. The first kappa shape index (κ1) is 93.5. The van der Waals surface area contributed by atoms with Crippen molar-refractivity contribution >= 4 is 105 Å². The molecule has 0 amide bonds. The zero-order valence-electron chi connectivity index (χ0n) is 75.7.